The van der Waals surface area contributed by atoms with Crippen LogP contribution in [0.2, 0.25) is 0 Å². The molecule has 5 heteroatoms. The molecule has 1 aromatic heterocycles. The number of carbonyl (C=O) groups excluding carboxylic acids is 1. The number of rotatable bonds is 4. The molecule has 0 aliphatic carbocycles. The first-order chi connectivity index (χ1) is 9.16. The third-order valence-electron chi connectivity index (χ3n) is 2.46. The maximum Gasteiger partial charge on any atom is 0.269 e. The Bertz CT molecular complexity index is 581. The van der Waals surface area contributed by atoms with Gasteiger partial charge in [0, 0.05) is 21.5 Å². The summed E-state index contributed by atoms with van der Waals surface area (Å²) >= 11 is 2.23. The largest absolute Gasteiger partial charge is 0.298 e. The lowest BCUT2D eigenvalue weighted by Crippen LogP contribution is -2.35. The number of aromatic nitrogens is 1. The SMILES string of the molecule is C=C(NNC(=O)c1ccncc1)c1ccc(I)cc1. The minimum Gasteiger partial charge on any atom is -0.298 e. The Morgan fingerprint density at radius 1 is 1.00 bits per heavy atom. The van der Waals surface area contributed by atoms with Gasteiger partial charge in [0.05, 0.1) is 5.70 Å². The van der Waals surface area contributed by atoms with Gasteiger partial charge in [-0.3, -0.25) is 20.6 Å². The summed E-state index contributed by atoms with van der Waals surface area (Å²) in [4.78, 5) is 15.7. The summed E-state index contributed by atoms with van der Waals surface area (Å²) in [6, 6.07) is 11.1. The second kappa shape index (κ2) is 6.33. The van der Waals surface area contributed by atoms with E-state index in [1.807, 2.05) is 24.3 Å². The van der Waals surface area contributed by atoms with E-state index in [1.54, 1.807) is 24.5 Å². The zero-order chi connectivity index (χ0) is 13.7. The number of halogens is 1. The average Bonchev–Trinajstić information content (AvgIpc) is 2.46. The van der Waals surface area contributed by atoms with E-state index in [0.29, 0.717) is 11.3 Å². The number of hydrazine groups is 1. The summed E-state index contributed by atoms with van der Waals surface area (Å²) in [6.07, 6.45) is 3.14. The van der Waals surface area contributed by atoms with E-state index in [4.69, 9.17) is 0 Å². The molecule has 1 heterocycles. The van der Waals surface area contributed by atoms with Crippen LogP contribution < -0.4 is 10.9 Å². The number of hydrogen-bond acceptors (Lipinski definition) is 3. The van der Waals surface area contributed by atoms with Crippen LogP contribution in [-0.2, 0) is 0 Å². The molecule has 0 spiro atoms. The third-order valence-corrected chi connectivity index (χ3v) is 3.18. The van der Waals surface area contributed by atoms with E-state index in [-0.39, 0.29) is 5.91 Å². The van der Waals surface area contributed by atoms with Crippen molar-refractivity contribution in [1.82, 2.24) is 15.8 Å². The molecule has 0 unspecified atom stereocenters. The van der Waals surface area contributed by atoms with E-state index in [1.165, 1.54) is 0 Å². The first kappa shape index (κ1) is 13.5. The number of carbonyl (C=O) groups is 1. The number of nitrogens with one attached hydrogen (secondary N) is 2. The molecule has 2 aromatic rings. The second-order valence-corrected chi connectivity index (χ2v) is 5.05. The quantitative estimate of drug-likeness (QED) is 0.647. The molecule has 2 rings (SSSR count). The minimum absolute atomic E-state index is 0.228. The molecule has 0 saturated carbocycles. The highest BCUT2D eigenvalue weighted by Crippen LogP contribution is 2.11. The lowest BCUT2D eigenvalue weighted by atomic mass is 10.2. The molecule has 0 aliphatic rings. The minimum atomic E-state index is -0.228. The second-order valence-electron chi connectivity index (χ2n) is 3.80. The summed E-state index contributed by atoms with van der Waals surface area (Å²) < 4.78 is 1.15. The highest BCUT2D eigenvalue weighted by atomic mass is 127. The van der Waals surface area contributed by atoms with Crippen LogP contribution in [0.3, 0.4) is 0 Å². The predicted octanol–water partition coefficient (Wildman–Crippen LogP) is 2.59. The van der Waals surface area contributed by atoms with E-state index in [0.717, 1.165) is 9.13 Å². The van der Waals surface area contributed by atoms with Crippen molar-refractivity contribution in [2.24, 2.45) is 0 Å². The molecule has 19 heavy (non-hydrogen) atoms. The van der Waals surface area contributed by atoms with Gasteiger partial charge in [0.15, 0.2) is 0 Å². The molecule has 0 atom stereocenters. The Labute approximate surface area is 125 Å². The van der Waals surface area contributed by atoms with E-state index >= 15 is 0 Å². The summed E-state index contributed by atoms with van der Waals surface area (Å²) in [5.41, 5.74) is 7.50. The van der Waals surface area contributed by atoms with Crippen LogP contribution in [0.25, 0.3) is 5.70 Å². The molecule has 0 radical (unpaired) electrons. The van der Waals surface area contributed by atoms with Crippen LogP contribution in [0.5, 0.6) is 0 Å². The van der Waals surface area contributed by atoms with Gasteiger partial charge in [-0.15, -0.1) is 0 Å². The molecule has 0 aliphatic heterocycles. The summed E-state index contributed by atoms with van der Waals surface area (Å²) in [7, 11) is 0. The zero-order valence-corrected chi connectivity index (χ0v) is 12.2. The lowest BCUT2D eigenvalue weighted by molar-refractivity contribution is 0.0942. The van der Waals surface area contributed by atoms with Gasteiger partial charge in [-0.2, -0.15) is 0 Å². The standard InChI is InChI=1S/C14H12IN3O/c1-10(11-2-4-13(15)5-3-11)17-18-14(19)12-6-8-16-9-7-12/h2-9,17H,1H2,(H,18,19). The lowest BCUT2D eigenvalue weighted by Gasteiger charge is -2.11. The Hall–Kier alpha value is -1.89. The molecular formula is C14H12IN3O. The Morgan fingerprint density at radius 3 is 2.26 bits per heavy atom. The number of benzene rings is 1. The molecule has 0 bridgehead atoms. The first-order valence-corrected chi connectivity index (χ1v) is 6.66. The van der Waals surface area contributed by atoms with Crippen LogP contribution in [0.1, 0.15) is 15.9 Å². The van der Waals surface area contributed by atoms with Crippen molar-refractivity contribution < 1.29 is 4.79 Å². The molecule has 4 nitrogen and oxygen atoms in total. The van der Waals surface area contributed by atoms with Crippen LogP contribution in [0.4, 0.5) is 0 Å². The van der Waals surface area contributed by atoms with Crippen molar-refractivity contribution in [2.75, 3.05) is 0 Å². The van der Waals surface area contributed by atoms with Crippen LogP contribution >= 0.6 is 22.6 Å². The van der Waals surface area contributed by atoms with Crippen molar-refractivity contribution in [3.63, 3.8) is 0 Å². The van der Waals surface area contributed by atoms with Crippen molar-refractivity contribution >= 4 is 34.2 Å². The van der Waals surface area contributed by atoms with Gasteiger partial charge in [0.25, 0.3) is 5.91 Å². The van der Waals surface area contributed by atoms with Crippen LogP contribution in [-0.4, -0.2) is 10.9 Å². The van der Waals surface area contributed by atoms with Crippen LogP contribution in [0.15, 0.2) is 55.4 Å². The average molecular weight is 365 g/mol. The fourth-order valence-corrected chi connectivity index (χ4v) is 1.79. The normalized spacial score (nSPS) is 9.74. The topological polar surface area (TPSA) is 54.0 Å². The highest BCUT2D eigenvalue weighted by Gasteiger charge is 2.04. The summed E-state index contributed by atoms with van der Waals surface area (Å²) in [5.74, 6) is -0.228. The molecule has 96 valence electrons. The van der Waals surface area contributed by atoms with Gasteiger partial charge in [0.2, 0.25) is 0 Å². The Morgan fingerprint density at radius 2 is 1.63 bits per heavy atom. The van der Waals surface area contributed by atoms with Crippen molar-refractivity contribution in [2.45, 2.75) is 0 Å². The summed E-state index contributed by atoms with van der Waals surface area (Å²) in [6.45, 7) is 3.88. The zero-order valence-electron chi connectivity index (χ0n) is 10.1. The number of amides is 1. The van der Waals surface area contributed by atoms with Gasteiger partial charge in [-0.05, 0) is 52.4 Å². The molecule has 2 N–H and O–H groups in total. The number of hydrogen-bond donors (Lipinski definition) is 2. The van der Waals surface area contributed by atoms with Gasteiger partial charge >= 0.3 is 0 Å². The van der Waals surface area contributed by atoms with Gasteiger partial charge in [0.1, 0.15) is 0 Å². The smallest absolute Gasteiger partial charge is 0.269 e. The molecule has 1 aromatic carbocycles. The first-order valence-electron chi connectivity index (χ1n) is 5.58. The van der Waals surface area contributed by atoms with Crippen molar-refractivity contribution in [3.8, 4) is 0 Å². The third kappa shape index (κ3) is 3.78. The predicted molar refractivity (Wildman–Crippen MR) is 83.0 cm³/mol. The summed E-state index contributed by atoms with van der Waals surface area (Å²) in [5, 5.41) is 0. The molecule has 1 amide bonds. The maximum atomic E-state index is 11.8. The number of nitrogens with zero attached hydrogens (tertiary/aromatic N) is 1. The van der Waals surface area contributed by atoms with Crippen molar-refractivity contribution in [3.05, 3.63) is 70.1 Å². The highest BCUT2D eigenvalue weighted by molar-refractivity contribution is 14.1. The van der Waals surface area contributed by atoms with Gasteiger partial charge < -0.3 is 0 Å². The van der Waals surface area contributed by atoms with Gasteiger partial charge in [-0.25, -0.2) is 0 Å². The molecule has 0 fully saturated rings. The maximum absolute atomic E-state index is 11.8. The monoisotopic (exact) mass is 365 g/mol. The van der Waals surface area contributed by atoms with E-state index in [9.17, 15) is 4.79 Å². The van der Waals surface area contributed by atoms with Gasteiger partial charge in [-0.1, -0.05) is 18.7 Å². The Balaban J connectivity index is 1.94. The van der Waals surface area contributed by atoms with Crippen LogP contribution in [0, 0.1) is 3.57 Å². The molecule has 0 saturated heterocycles. The fourth-order valence-electron chi connectivity index (χ4n) is 1.43. The number of pyridine rings is 1. The van der Waals surface area contributed by atoms with Crippen molar-refractivity contribution in [1.29, 1.82) is 0 Å². The van der Waals surface area contributed by atoms with E-state index in [2.05, 4.69) is 45.0 Å². The molecular weight excluding hydrogens is 353 g/mol. The fraction of sp³-hybridized carbons (Fsp3) is 0. The Kier molecular flexibility index (Phi) is 4.51. The van der Waals surface area contributed by atoms with E-state index < -0.39 is 0 Å².